The molecule has 3 aromatic heterocycles. The molecule has 8 heteroatoms. The van der Waals surface area contributed by atoms with Gasteiger partial charge in [0.1, 0.15) is 22.5 Å². The molecular weight excluding hydrogens is 372 g/mol. The molecule has 0 bridgehead atoms. The molecule has 8 nitrogen and oxygen atoms in total. The smallest absolute Gasteiger partial charge is 0.341 e. The summed E-state index contributed by atoms with van der Waals surface area (Å²) in [5, 5.41) is 7.78. The van der Waals surface area contributed by atoms with Crippen LogP contribution in [0, 0.1) is 0 Å². The number of furan rings is 1. The van der Waals surface area contributed by atoms with Crippen molar-refractivity contribution in [1.29, 1.82) is 0 Å². The summed E-state index contributed by atoms with van der Waals surface area (Å²) in [6.45, 7) is 0.178. The van der Waals surface area contributed by atoms with Crippen LogP contribution in [0.5, 0.6) is 0 Å². The molecule has 1 amide bonds. The first kappa shape index (κ1) is 17.4. The Kier molecular flexibility index (Phi) is 4.04. The highest BCUT2D eigenvalue weighted by atomic mass is 16.5. The summed E-state index contributed by atoms with van der Waals surface area (Å²) in [6.07, 6.45) is 7.07. The first-order valence-corrected chi connectivity index (χ1v) is 9.35. The third-order valence-electron chi connectivity index (χ3n) is 5.09. The van der Waals surface area contributed by atoms with Gasteiger partial charge in [-0.2, -0.15) is 5.10 Å². The third kappa shape index (κ3) is 3.12. The number of rotatable bonds is 5. The monoisotopic (exact) mass is 390 g/mol. The molecule has 0 saturated heterocycles. The number of carbonyl (C=O) groups excluding carboxylic acids is 2. The minimum absolute atomic E-state index is 0.178. The van der Waals surface area contributed by atoms with Crippen molar-refractivity contribution in [2.45, 2.75) is 25.3 Å². The molecule has 0 aliphatic heterocycles. The van der Waals surface area contributed by atoms with Gasteiger partial charge in [-0.05, 0) is 48.6 Å². The van der Waals surface area contributed by atoms with Gasteiger partial charge in [-0.15, -0.1) is 0 Å². The van der Waals surface area contributed by atoms with Crippen LogP contribution in [0.2, 0.25) is 0 Å². The molecule has 0 radical (unpaired) electrons. The number of fused-ring (bicyclic) bond motifs is 2. The van der Waals surface area contributed by atoms with E-state index in [2.05, 4.69) is 15.4 Å². The van der Waals surface area contributed by atoms with Crippen molar-refractivity contribution in [3.8, 4) is 0 Å². The van der Waals surface area contributed by atoms with Crippen molar-refractivity contribution < 1.29 is 18.7 Å². The molecule has 4 aromatic rings. The Morgan fingerprint density at radius 3 is 2.93 bits per heavy atom. The SMILES string of the molecule is COC(=O)c1cc(C2CC2)cc2cc(CNC(=O)c3cnn4cccnc34)oc12. The Morgan fingerprint density at radius 1 is 1.28 bits per heavy atom. The zero-order valence-electron chi connectivity index (χ0n) is 15.7. The maximum atomic E-state index is 12.6. The van der Waals surface area contributed by atoms with E-state index in [9.17, 15) is 9.59 Å². The van der Waals surface area contributed by atoms with E-state index in [0.717, 1.165) is 23.8 Å². The van der Waals surface area contributed by atoms with Crippen LogP contribution in [0.1, 0.15) is 50.8 Å². The highest BCUT2D eigenvalue weighted by Gasteiger charge is 2.27. The van der Waals surface area contributed by atoms with E-state index < -0.39 is 5.97 Å². The van der Waals surface area contributed by atoms with Crippen LogP contribution in [0.3, 0.4) is 0 Å². The zero-order valence-corrected chi connectivity index (χ0v) is 15.7. The molecular formula is C21H18N4O4. The first-order valence-electron chi connectivity index (χ1n) is 9.35. The zero-order chi connectivity index (χ0) is 20.0. The third-order valence-corrected chi connectivity index (χ3v) is 5.09. The minimum Gasteiger partial charge on any atom is -0.465 e. The van der Waals surface area contributed by atoms with E-state index >= 15 is 0 Å². The molecule has 5 rings (SSSR count). The van der Waals surface area contributed by atoms with Gasteiger partial charge in [-0.3, -0.25) is 4.79 Å². The molecule has 0 spiro atoms. The first-order chi connectivity index (χ1) is 14.1. The van der Waals surface area contributed by atoms with Gasteiger partial charge in [0.05, 0.1) is 19.9 Å². The highest BCUT2D eigenvalue weighted by molar-refractivity contribution is 6.03. The molecule has 0 atom stereocenters. The summed E-state index contributed by atoms with van der Waals surface area (Å²) in [4.78, 5) is 29.0. The van der Waals surface area contributed by atoms with Crippen molar-refractivity contribution in [3.63, 3.8) is 0 Å². The molecule has 1 aliphatic carbocycles. The standard InChI is InChI=1S/C21H18N4O4/c1-28-21(27)16-9-13(12-3-4-12)7-14-8-15(29-18(14)16)10-23-20(26)17-11-24-25-6-2-5-22-19(17)25/h2,5-9,11-12H,3-4,10H2,1H3,(H,23,26). The molecule has 1 N–H and O–H groups in total. The molecule has 146 valence electrons. The van der Waals surface area contributed by atoms with Crippen LogP contribution in [0.15, 0.2) is 47.3 Å². The van der Waals surface area contributed by atoms with Gasteiger partial charge in [0.2, 0.25) is 0 Å². The molecule has 1 aromatic carbocycles. The van der Waals surface area contributed by atoms with E-state index in [-0.39, 0.29) is 12.5 Å². The number of carbonyl (C=O) groups is 2. The number of ether oxygens (including phenoxy) is 1. The van der Waals surface area contributed by atoms with Gasteiger partial charge in [-0.1, -0.05) is 0 Å². The van der Waals surface area contributed by atoms with E-state index in [4.69, 9.17) is 9.15 Å². The lowest BCUT2D eigenvalue weighted by Gasteiger charge is -2.04. The quantitative estimate of drug-likeness (QED) is 0.526. The molecule has 0 unspecified atom stereocenters. The highest BCUT2D eigenvalue weighted by Crippen LogP contribution is 2.42. The molecule has 1 saturated carbocycles. The van der Waals surface area contributed by atoms with Crippen molar-refractivity contribution in [1.82, 2.24) is 19.9 Å². The Hall–Kier alpha value is -3.68. The lowest BCUT2D eigenvalue weighted by Crippen LogP contribution is -2.22. The Morgan fingerprint density at radius 2 is 2.14 bits per heavy atom. The lowest BCUT2D eigenvalue weighted by molar-refractivity contribution is 0.0601. The van der Waals surface area contributed by atoms with Crippen LogP contribution in [-0.2, 0) is 11.3 Å². The number of esters is 1. The average molecular weight is 390 g/mol. The number of amides is 1. The fourth-order valence-electron chi connectivity index (χ4n) is 3.48. The summed E-state index contributed by atoms with van der Waals surface area (Å²) in [5.41, 5.74) is 2.87. The van der Waals surface area contributed by atoms with Crippen molar-refractivity contribution >= 4 is 28.5 Å². The Bertz CT molecular complexity index is 1250. The van der Waals surface area contributed by atoms with Crippen molar-refractivity contribution in [2.75, 3.05) is 7.11 Å². The molecule has 29 heavy (non-hydrogen) atoms. The van der Waals surface area contributed by atoms with Crippen LogP contribution in [-0.4, -0.2) is 33.6 Å². The van der Waals surface area contributed by atoms with Crippen LogP contribution >= 0.6 is 0 Å². The average Bonchev–Trinajstić information content (AvgIpc) is 3.37. The summed E-state index contributed by atoms with van der Waals surface area (Å²) in [5.74, 6) is 0.311. The predicted octanol–water partition coefficient (Wildman–Crippen LogP) is 3.07. The second-order valence-electron chi connectivity index (χ2n) is 7.09. The van der Waals surface area contributed by atoms with E-state index in [1.807, 2.05) is 18.2 Å². The molecule has 1 aliphatic rings. The topological polar surface area (TPSA) is 98.7 Å². The van der Waals surface area contributed by atoms with E-state index in [1.54, 1.807) is 18.5 Å². The summed E-state index contributed by atoms with van der Waals surface area (Å²) < 4.78 is 12.3. The van der Waals surface area contributed by atoms with Crippen molar-refractivity contribution in [2.24, 2.45) is 0 Å². The number of methoxy groups -OCH3 is 1. The number of nitrogens with one attached hydrogen (secondary N) is 1. The van der Waals surface area contributed by atoms with Gasteiger partial charge in [0, 0.05) is 17.8 Å². The maximum absolute atomic E-state index is 12.6. The minimum atomic E-state index is -0.431. The summed E-state index contributed by atoms with van der Waals surface area (Å²) in [6, 6.07) is 7.49. The summed E-state index contributed by atoms with van der Waals surface area (Å²) >= 11 is 0. The van der Waals surface area contributed by atoms with Crippen molar-refractivity contribution in [3.05, 3.63) is 65.3 Å². The van der Waals surface area contributed by atoms with Gasteiger partial charge < -0.3 is 14.5 Å². The van der Waals surface area contributed by atoms with Crippen LogP contribution < -0.4 is 5.32 Å². The number of benzene rings is 1. The van der Waals surface area contributed by atoms with Crippen LogP contribution in [0.25, 0.3) is 16.6 Å². The molecule has 3 heterocycles. The number of nitrogens with zero attached hydrogens (tertiary/aromatic N) is 3. The van der Waals surface area contributed by atoms with E-state index in [0.29, 0.717) is 34.0 Å². The summed E-state index contributed by atoms with van der Waals surface area (Å²) in [7, 11) is 1.35. The fraction of sp³-hybridized carbons (Fsp3) is 0.238. The van der Waals surface area contributed by atoms with Gasteiger partial charge in [-0.25, -0.2) is 14.3 Å². The van der Waals surface area contributed by atoms with E-state index in [1.165, 1.54) is 17.8 Å². The molecule has 1 fully saturated rings. The van der Waals surface area contributed by atoms with Crippen LogP contribution in [0.4, 0.5) is 0 Å². The van der Waals surface area contributed by atoms with Gasteiger partial charge in [0.15, 0.2) is 5.65 Å². The predicted molar refractivity (Wildman–Crippen MR) is 104 cm³/mol. The van der Waals surface area contributed by atoms with Gasteiger partial charge in [0.25, 0.3) is 5.91 Å². The number of hydrogen-bond donors (Lipinski definition) is 1. The Balaban J connectivity index is 1.42. The Labute approximate surface area is 165 Å². The largest absolute Gasteiger partial charge is 0.465 e. The maximum Gasteiger partial charge on any atom is 0.341 e. The number of hydrogen-bond acceptors (Lipinski definition) is 6. The normalized spacial score (nSPS) is 13.7. The van der Waals surface area contributed by atoms with Gasteiger partial charge >= 0.3 is 5.97 Å². The second kappa shape index (κ2) is 6.73. The fourth-order valence-corrected chi connectivity index (χ4v) is 3.48. The number of aromatic nitrogens is 3. The lowest BCUT2D eigenvalue weighted by atomic mass is 10.0. The second-order valence-corrected chi connectivity index (χ2v) is 7.09.